The first-order chi connectivity index (χ1) is 8.84. The lowest BCUT2D eigenvalue weighted by Crippen LogP contribution is -2.25. The Morgan fingerprint density at radius 1 is 1.26 bits per heavy atom. The van der Waals surface area contributed by atoms with E-state index in [1.165, 1.54) is 17.0 Å². The van der Waals surface area contributed by atoms with Gasteiger partial charge in [-0.25, -0.2) is 4.39 Å². The average molecular weight is 279 g/mol. The predicted octanol–water partition coefficient (Wildman–Crippen LogP) is 1.63. The van der Waals surface area contributed by atoms with Crippen LogP contribution >= 0.6 is 0 Å². The van der Waals surface area contributed by atoms with E-state index in [0.29, 0.717) is 0 Å². The molecule has 1 saturated heterocycles. The fraction of sp³-hybridized carbons (Fsp3) is 0.500. The lowest BCUT2D eigenvalue weighted by atomic mass is 10.1. The number of rotatable bonds is 2. The van der Waals surface area contributed by atoms with Crippen LogP contribution in [0.5, 0.6) is 0 Å². The van der Waals surface area contributed by atoms with Crippen molar-refractivity contribution in [2.75, 3.05) is 24.6 Å². The lowest BCUT2D eigenvalue weighted by molar-refractivity contribution is -0.139. The molecular weight excluding hydrogens is 266 g/mol. The van der Waals surface area contributed by atoms with Gasteiger partial charge in [0.15, 0.2) is 0 Å². The van der Waals surface area contributed by atoms with Gasteiger partial charge in [0.25, 0.3) is 0 Å². The minimum Gasteiger partial charge on any atom is -0.396 e. The number of halogens is 4. The van der Waals surface area contributed by atoms with Crippen LogP contribution in [0.4, 0.5) is 23.2 Å². The summed E-state index contributed by atoms with van der Waals surface area (Å²) in [4.78, 5) is 1.25. The molecule has 2 atom stereocenters. The molecule has 1 fully saturated rings. The van der Waals surface area contributed by atoms with Crippen LogP contribution in [0.25, 0.3) is 0 Å². The Morgan fingerprint density at radius 2 is 1.95 bits per heavy atom. The van der Waals surface area contributed by atoms with Crippen molar-refractivity contribution in [1.82, 2.24) is 0 Å². The topological polar surface area (TPSA) is 43.7 Å². The lowest BCUT2D eigenvalue weighted by Gasteiger charge is -2.23. The molecule has 0 amide bonds. The Morgan fingerprint density at radius 3 is 2.47 bits per heavy atom. The van der Waals surface area contributed by atoms with Gasteiger partial charge < -0.3 is 15.1 Å². The van der Waals surface area contributed by atoms with E-state index in [0.717, 1.165) is 6.07 Å². The smallest absolute Gasteiger partial charge is 0.396 e. The van der Waals surface area contributed by atoms with Gasteiger partial charge in [-0.3, -0.25) is 0 Å². The zero-order chi connectivity index (χ0) is 14.2. The van der Waals surface area contributed by atoms with E-state index in [1.807, 2.05) is 0 Å². The van der Waals surface area contributed by atoms with Crippen molar-refractivity contribution in [2.24, 2.45) is 5.92 Å². The number of nitrogens with zero attached hydrogens (tertiary/aromatic N) is 1. The first-order valence-corrected chi connectivity index (χ1v) is 5.74. The molecular formula is C12H13F4NO2. The summed E-state index contributed by atoms with van der Waals surface area (Å²) in [7, 11) is 0. The fourth-order valence-electron chi connectivity index (χ4n) is 2.29. The number of hydrogen-bond acceptors (Lipinski definition) is 3. The van der Waals surface area contributed by atoms with Crippen molar-refractivity contribution in [2.45, 2.75) is 12.3 Å². The van der Waals surface area contributed by atoms with E-state index in [-0.39, 0.29) is 25.4 Å². The number of β-amino-alcohol motifs (C(OH)–C–C–N with tert-alkyl or cyclic N) is 1. The Hall–Kier alpha value is -1.34. The highest BCUT2D eigenvalue weighted by Gasteiger charge is 2.40. The van der Waals surface area contributed by atoms with Gasteiger partial charge >= 0.3 is 6.18 Å². The van der Waals surface area contributed by atoms with Crippen LogP contribution in [-0.4, -0.2) is 36.0 Å². The van der Waals surface area contributed by atoms with E-state index in [1.54, 1.807) is 0 Å². The second-order valence-electron chi connectivity index (χ2n) is 4.55. The first-order valence-electron chi connectivity index (χ1n) is 5.74. The van der Waals surface area contributed by atoms with Gasteiger partial charge in [-0.05, 0) is 12.1 Å². The van der Waals surface area contributed by atoms with Crippen molar-refractivity contribution in [3.63, 3.8) is 0 Å². The molecule has 1 aromatic rings. The largest absolute Gasteiger partial charge is 0.421 e. The summed E-state index contributed by atoms with van der Waals surface area (Å²) in [6, 6.07) is 3.11. The number of alkyl halides is 3. The van der Waals surface area contributed by atoms with Gasteiger partial charge in [0.2, 0.25) is 0 Å². The number of benzene rings is 1. The highest BCUT2D eigenvalue weighted by Crippen LogP contribution is 2.39. The van der Waals surface area contributed by atoms with Crippen molar-refractivity contribution in [1.29, 1.82) is 0 Å². The Labute approximate surface area is 107 Å². The van der Waals surface area contributed by atoms with Crippen molar-refractivity contribution < 1.29 is 27.8 Å². The van der Waals surface area contributed by atoms with E-state index in [9.17, 15) is 22.7 Å². The number of anilines is 1. The summed E-state index contributed by atoms with van der Waals surface area (Å²) in [6.07, 6.45) is -5.72. The first kappa shape index (κ1) is 14.1. The summed E-state index contributed by atoms with van der Waals surface area (Å²) in [6.45, 7) is -0.323. The average Bonchev–Trinajstić information content (AvgIpc) is 2.68. The molecule has 0 aliphatic carbocycles. The fourth-order valence-corrected chi connectivity index (χ4v) is 2.29. The highest BCUT2D eigenvalue weighted by molar-refractivity contribution is 5.56. The Bertz CT molecular complexity index is 464. The van der Waals surface area contributed by atoms with Crippen LogP contribution in [0.15, 0.2) is 18.2 Å². The van der Waals surface area contributed by atoms with E-state index >= 15 is 0 Å². The minimum absolute atomic E-state index is 0.0578. The van der Waals surface area contributed by atoms with Gasteiger partial charge in [0.05, 0.1) is 18.4 Å². The predicted molar refractivity (Wildman–Crippen MR) is 60.2 cm³/mol. The molecule has 1 aliphatic rings. The maximum Gasteiger partial charge on any atom is 0.421 e. The zero-order valence-corrected chi connectivity index (χ0v) is 9.86. The third-order valence-electron chi connectivity index (χ3n) is 3.26. The summed E-state index contributed by atoms with van der Waals surface area (Å²) in [5, 5.41) is 18.6. The molecule has 0 spiro atoms. The zero-order valence-electron chi connectivity index (χ0n) is 9.86. The van der Waals surface area contributed by atoms with Gasteiger partial charge in [0.1, 0.15) is 11.4 Å². The highest BCUT2D eigenvalue weighted by atomic mass is 19.4. The van der Waals surface area contributed by atoms with Crippen LogP contribution in [0, 0.1) is 11.7 Å². The normalized spacial score (nSPS) is 24.0. The number of aliphatic hydroxyl groups is 2. The van der Waals surface area contributed by atoms with Crippen LogP contribution in [0.3, 0.4) is 0 Å². The SMILES string of the molecule is OCC1CN(c2cccc(F)c2C(F)(F)F)CC1O. The molecule has 0 saturated carbocycles. The molecule has 1 aliphatic heterocycles. The van der Waals surface area contributed by atoms with Gasteiger partial charge in [-0.15, -0.1) is 0 Å². The quantitative estimate of drug-likeness (QED) is 0.809. The second-order valence-corrected chi connectivity index (χ2v) is 4.55. The Kier molecular flexibility index (Phi) is 3.69. The summed E-state index contributed by atoms with van der Waals surface area (Å²) < 4.78 is 52.0. The monoisotopic (exact) mass is 279 g/mol. The molecule has 19 heavy (non-hydrogen) atoms. The number of aliphatic hydroxyl groups excluding tert-OH is 2. The van der Waals surface area contributed by atoms with Crippen LogP contribution in [0.2, 0.25) is 0 Å². The van der Waals surface area contributed by atoms with Crippen molar-refractivity contribution in [3.8, 4) is 0 Å². The third kappa shape index (κ3) is 2.66. The van der Waals surface area contributed by atoms with E-state index in [4.69, 9.17) is 5.11 Å². The second kappa shape index (κ2) is 4.97. The summed E-state index contributed by atoms with van der Waals surface area (Å²) >= 11 is 0. The molecule has 3 nitrogen and oxygen atoms in total. The number of hydrogen-bond donors (Lipinski definition) is 2. The van der Waals surface area contributed by atoms with Crippen molar-refractivity contribution in [3.05, 3.63) is 29.6 Å². The molecule has 2 unspecified atom stereocenters. The molecule has 2 rings (SSSR count). The van der Waals surface area contributed by atoms with E-state index in [2.05, 4.69) is 0 Å². The Balaban J connectivity index is 2.39. The van der Waals surface area contributed by atoms with E-state index < -0.39 is 29.6 Å². The molecule has 106 valence electrons. The van der Waals surface area contributed by atoms with Crippen LogP contribution in [-0.2, 0) is 6.18 Å². The molecule has 0 bridgehead atoms. The van der Waals surface area contributed by atoms with Gasteiger partial charge in [-0.1, -0.05) is 6.07 Å². The standard InChI is InChI=1S/C12H13F4NO2/c13-8-2-1-3-9(11(8)12(14,15)16)17-4-7(6-18)10(19)5-17/h1-3,7,10,18-19H,4-6H2. The van der Waals surface area contributed by atoms with Crippen LogP contribution in [0.1, 0.15) is 5.56 Å². The summed E-state index contributed by atoms with van der Waals surface area (Å²) in [5.74, 6) is -1.86. The van der Waals surface area contributed by atoms with Crippen LogP contribution < -0.4 is 4.90 Å². The molecule has 0 aromatic heterocycles. The van der Waals surface area contributed by atoms with Gasteiger partial charge in [0, 0.05) is 19.0 Å². The molecule has 1 heterocycles. The molecule has 2 N–H and O–H groups in total. The molecule has 1 aromatic carbocycles. The maximum absolute atomic E-state index is 13.4. The minimum atomic E-state index is -4.80. The molecule has 7 heteroatoms. The van der Waals surface area contributed by atoms with Crippen molar-refractivity contribution >= 4 is 5.69 Å². The third-order valence-corrected chi connectivity index (χ3v) is 3.26. The maximum atomic E-state index is 13.4. The van der Waals surface area contributed by atoms with Gasteiger partial charge in [-0.2, -0.15) is 13.2 Å². The summed E-state index contributed by atoms with van der Waals surface area (Å²) in [5.41, 5.74) is -1.64. The molecule has 0 radical (unpaired) electrons.